The van der Waals surface area contributed by atoms with E-state index in [0.717, 1.165) is 12.1 Å². The standard InChI is InChI=1S/C8H17BN2/c1-10-5-7-3-2-4-8(6-10)11(7)9/h7-8H,2-6,9H2,1H3. The smallest absolute Gasteiger partial charge is 0.186 e. The number of likely N-dealkylation sites (N-methyl/N-ethyl adjacent to an activating group) is 1. The lowest BCUT2D eigenvalue weighted by Crippen LogP contribution is -2.58. The van der Waals surface area contributed by atoms with Gasteiger partial charge in [-0.25, -0.2) is 0 Å². The highest BCUT2D eigenvalue weighted by Crippen LogP contribution is 2.25. The Hall–Kier alpha value is -0.0151. The minimum atomic E-state index is 0.854. The summed E-state index contributed by atoms with van der Waals surface area (Å²) < 4.78 is 0. The first-order valence-electron chi connectivity index (χ1n) is 4.68. The molecule has 2 aliphatic heterocycles. The topological polar surface area (TPSA) is 6.48 Å². The fraction of sp³-hybridized carbons (Fsp3) is 1.00. The Labute approximate surface area is 70.0 Å². The molecule has 0 saturated carbocycles. The molecule has 2 aliphatic rings. The van der Waals surface area contributed by atoms with Crippen LogP contribution in [-0.2, 0) is 0 Å². The molecule has 2 unspecified atom stereocenters. The van der Waals surface area contributed by atoms with Crippen LogP contribution in [0.15, 0.2) is 0 Å². The SMILES string of the molecule is BN1C2CCCC1CN(C)C2. The Morgan fingerprint density at radius 1 is 1.18 bits per heavy atom. The molecule has 0 radical (unpaired) electrons. The van der Waals surface area contributed by atoms with Crippen molar-refractivity contribution in [3.8, 4) is 0 Å². The molecule has 0 aliphatic carbocycles. The zero-order chi connectivity index (χ0) is 7.84. The molecule has 2 bridgehead atoms. The van der Waals surface area contributed by atoms with E-state index in [2.05, 4.69) is 24.7 Å². The van der Waals surface area contributed by atoms with Crippen LogP contribution >= 0.6 is 0 Å². The van der Waals surface area contributed by atoms with E-state index in [9.17, 15) is 0 Å². The Bertz CT molecular complexity index is 137. The van der Waals surface area contributed by atoms with Gasteiger partial charge in [0.2, 0.25) is 0 Å². The minimum Gasteiger partial charge on any atom is -0.341 e. The predicted molar refractivity (Wildman–Crippen MR) is 49.3 cm³/mol. The lowest BCUT2D eigenvalue weighted by atomic mass is 9.88. The van der Waals surface area contributed by atoms with Crippen LogP contribution in [-0.4, -0.2) is 49.9 Å². The summed E-state index contributed by atoms with van der Waals surface area (Å²) in [5.41, 5.74) is 0. The number of nitrogens with zero attached hydrogens (tertiary/aromatic N) is 2. The van der Waals surface area contributed by atoms with Crippen molar-refractivity contribution < 1.29 is 0 Å². The molecule has 2 rings (SSSR count). The number of likely N-dealkylation sites (tertiary alicyclic amines) is 1. The van der Waals surface area contributed by atoms with Crippen LogP contribution in [0.1, 0.15) is 19.3 Å². The molecule has 62 valence electrons. The summed E-state index contributed by atoms with van der Waals surface area (Å²) in [6.07, 6.45) is 4.28. The van der Waals surface area contributed by atoms with Crippen molar-refractivity contribution in [2.75, 3.05) is 20.1 Å². The summed E-state index contributed by atoms with van der Waals surface area (Å²) in [6, 6.07) is 1.71. The monoisotopic (exact) mass is 152 g/mol. The van der Waals surface area contributed by atoms with Crippen molar-refractivity contribution in [3.63, 3.8) is 0 Å². The number of hydrogen-bond acceptors (Lipinski definition) is 2. The molecule has 2 nitrogen and oxygen atoms in total. The number of rotatable bonds is 0. The second-order valence-electron chi connectivity index (χ2n) is 4.13. The molecule has 0 spiro atoms. The van der Waals surface area contributed by atoms with Crippen LogP contribution in [0.4, 0.5) is 0 Å². The third-order valence-electron chi connectivity index (χ3n) is 3.27. The van der Waals surface area contributed by atoms with Gasteiger partial charge in [0.05, 0.1) is 0 Å². The molecule has 0 aromatic heterocycles. The Morgan fingerprint density at radius 2 is 1.73 bits per heavy atom. The second-order valence-corrected chi connectivity index (χ2v) is 4.13. The third-order valence-corrected chi connectivity index (χ3v) is 3.27. The summed E-state index contributed by atoms with van der Waals surface area (Å²) >= 11 is 0. The average molecular weight is 152 g/mol. The van der Waals surface area contributed by atoms with Crippen LogP contribution in [0, 0.1) is 0 Å². The highest BCUT2D eigenvalue weighted by atomic mass is 15.3. The van der Waals surface area contributed by atoms with Crippen molar-refractivity contribution in [2.24, 2.45) is 0 Å². The molecule has 2 atom stereocenters. The average Bonchev–Trinajstić information content (AvgIpc) is 1.92. The van der Waals surface area contributed by atoms with E-state index in [0.29, 0.717) is 0 Å². The zero-order valence-corrected chi connectivity index (χ0v) is 7.58. The van der Waals surface area contributed by atoms with E-state index in [1.807, 2.05) is 0 Å². The van der Waals surface area contributed by atoms with Gasteiger partial charge in [0, 0.05) is 25.2 Å². The van der Waals surface area contributed by atoms with Crippen LogP contribution < -0.4 is 0 Å². The van der Waals surface area contributed by atoms with Gasteiger partial charge in [0.25, 0.3) is 0 Å². The number of piperazine rings is 1. The maximum absolute atomic E-state index is 2.59. The van der Waals surface area contributed by atoms with Gasteiger partial charge in [-0.1, -0.05) is 6.42 Å². The molecule has 2 saturated heterocycles. The highest BCUT2D eigenvalue weighted by Gasteiger charge is 2.32. The van der Waals surface area contributed by atoms with Gasteiger partial charge in [0.15, 0.2) is 7.98 Å². The van der Waals surface area contributed by atoms with Crippen molar-refractivity contribution >= 4 is 7.98 Å². The lowest BCUT2D eigenvalue weighted by molar-refractivity contribution is 0.0674. The fourth-order valence-electron chi connectivity index (χ4n) is 2.53. The van der Waals surface area contributed by atoms with Gasteiger partial charge in [-0.05, 0) is 19.9 Å². The molecule has 0 aromatic carbocycles. The first-order valence-corrected chi connectivity index (χ1v) is 4.68. The molecular weight excluding hydrogens is 135 g/mol. The van der Waals surface area contributed by atoms with Crippen molar-refractivity contribution in [2.45, 2.75) is 31.3 Å². The fourth-order valence-corrected chi connectivity index (χ4v) is 2.53. The molecule has 2 fully saturated rings. The maximum atomic E-state index is 2.59. The number of hydrogen-bond donors (Lipinski definition) is 0. The van der Waals surface area contributed by atoms with Crippen molar-refractivity contribution in [1.82, 2.24) is 9.71 Å². The maximum Gasteiger partial charge on any atom is 0.186 e. The first-order chi connectivity index (χ1) is 5.27. The third kappa shape index (κ3) is 1.32. The predicted octanol–water partition coefficient (Wildman–Crippen LogP) is -0.297. The molecule has 0 N–H and O–H groups in total. The van der Waals surface area contributed by atoms with Crippen molar-refractivity contribution in [3.05, 3.63) is 0 Å². The van der Waals surface area contributed by atoms with Crippen LogP contribution in [0.25, 0.3) is 0 Å². The summed E-state index contributed by atoms with van der Waals surface area (Å²) in [7, 11) is 4.54. The quantitative estimate of drug-likeness (QED) is 0.440. The molecule has 3 heteroatoms. The van der Waals surface area contributed by atoms with E-state index in [1.54, 1.807) is 0 Å². The van der Waals surface area contributed by atoms with Gasteiger partial charge in [0.1, 0.15) is 0 Å². The summed E-state index contributed by atoms with van der Waals surface area (Å²) in [5, 5.41) is 0. The van der Waals surface area contributed by atoms with Crippen LogP contribution in [0.2, 0.25) is 0 Å². The number of piperidine rings is 1. The lowest BCUT2D eigenvalue weighted by Gasteiger charge is -2.48. The Morgan fingerprint density at radius 3 is 2.27 bits per heavy atom. The van der Waals surface area contributed by atoms with Gasteiger partial charge >= 0.3 is 0 Å². The number of fused-ring (bicyclic) bond motifs is 2. The van der Waals surface area contributed by atoms with Crippen LogP contribution in [0.3, 0.4) is 0 Å². The van der Waals surface area contributed by atoms with Crippen LogP contribution in [0.5, 0.6) is 0 Å². The van der Waals surface area contributed by atoms with E-state index < -0.39 is 0 Å². The first kappa shape index (κ1) is 7.62. The Kier molecular flexibility index (Phi) is 1.94. The summed E-state index contributed by atoms with van der Waals surface area (Å²) in [4.78, 5) is 5.07. The molecule has 0 aromatic rings. The summed E-state index contributed by atoms with van der Waals surface area (Å²) in [6.45, 7) is 2.57. The van der Waals surface area contributed by atoms with Gasteiger partial charge in [-0.2, -0.15) is 0 Å². The molecular formula is C8H17BN2. The van der Waals surface area contributed by atoms with E-state index in [4.69, 9.17) is 0 Å². The van der Waals surface area contributed by atoms with Gasteiger partial charge in [-0.15, -0.1) is 0 Å². The van der Waals surface area contributed by atoms with Gasteiger partial charge < -0.3 is 9.71 Å². The normalized spacial score (nSPS) is 40.8. The van der Waals surface area contributed by atoms with Crippen molar-refractivity contribution in [1.29, 1.82) is 0 Å². The van der Waals surface area contributed by atoms with E-state index in [-0.39, 0.29) is 0 Å². The minimum absolute atomic E-state index is 0.854. The second kappa shape index (κ2) is 2.79. The summed E-state index contributed by atoms with van der Waals surface area (Å²) in [5.74, 6) is 0. The molecule has 11 heavy (non-hydrogen) atoms. The highest BCUT2D eigenvalue weighted by molar-refractivity contribution is 6.05. The van der Waals surface area contributed by atoms with Gasteiger partial charge in [-0.3, -0.25) is 0 Å². The van der Waals surface area contributed by atoms with E-state index >= 15 is 0 Å². The zero-order valence-electron chi connectivity index (χ0n) is 7.58. The molecule has 2 heterocycles. The van der Waals surface area contributed by atoms with E-state index in [1.165, 1.54) is 32.4 Å². The largest absolute Gasteiger partial charge is 0.341 e. The molecule has 0 amide bonds. The Balaban J connectivity index is 2.07.